The van der Waals surface area contributed by atoms with Gasteiger partial charge in [-0.1, -0.05) is 23.8 Å². The molecule has 0 N–H and O–H groups in total. The van der Waals surface area contributed by atoms with Gasteiger partial charge in [-0.25, -0.2) is 14.2 Å². The molecule has 214 valence electrons. The van der Waals surface area contributed by atoms with E-state index in [-0.39, 0.29) is 40.4 Å². The van der Waals surface area contributed by atoms with E-state index in [2.05, 4.69) is 26.3 Å². The predicted octanol–water partition coefficient (Wildman–Crippen LogP) is 4.97. The molecule has 2 aromatic heterocycles. The Kier molecular flexibility index (Phi) is 5.82. The van der Waals surface area contributed by atoms with Crippen LogP contribution in [0.15, 0.2) is 18.3 Å². The van der Waals surface area contributed by atoms with Gasteiger partial charge >= 0.3 is 12.1 Å². The van der Waals surface area contributed by atoms with Crippen molar-refractivity contribution in [2.24, 2.45) is 5.41 Å². The molecular weight excluding hydrogens is 535 g/mol. The number of hydrogen-bond acceptors (Lipinski definition) is 8. The quantitative estimate of drug-likeness (QED) is 0.376. The summed E-state index contributed by atoms with van der Waals surface area (Å²) in [6.07, 6.45) is 7.49. The number of ether oxygens (including phenoxy) is 2. The molecule has 9 nitrogen and oxygen atoms in total. The standard InChI is InChI=1S/C29H36ClFN6O3/c1-17-9-29(14-28(7-8-28)15-36(29)11-17)16-39-25-33-22-20(10-32-23(30)21(22)31)24(34-25)35-12-18-5-6-19(13-35)37(18)26(38)40-27(2,3)4/h10,18-19H,1,5-9,11-16H2,2-4H3. The molecule has 0 aromatic carbocycles. The van der Waals surface area contributed by atoms with Crippen molar-refractivity contribution in [1.82, 2.24) is 24.8 Å². The summed E-state index contributed by atoms with van der Waals surface area (Å²) in [5.41, 5.74) is 1.06. The number of anilines is 1. The number of rotatable bonds is 4. The second-order valence-corrected chi connectivity index (χ2v) is 14.0. The van der Waals surface area contributed by atoms with E-state index in [4.69, 9.17) is 26.1 Å². The average molecular weight is 571 g/mol. The van der Waals surface area contributed by atoms with Gasteiger partial charge in [-0.3, -0.25) is 9.80 Å². The van der Waals surface area contributed by atoms with Crippen LogP contribution in [0.3, 0.4) is 0 Å². The molecule has 4 aliphatic heterocycles. The van der Waals surface area contributed by atoms with Crippen LogP contribution >= 0.6 is 11.6 Å². The minimum absolute atomic E-state index is 0.0294. The lowest BCUT2D eigenvalue weighted by atomic mass is 9.88. The molecule has 1 saturated carbocycles. The van der Waals surface area contributed by atoms with Crippen molar-refractivity contribution in [2.45, 2.75) is 82.5 Å². The second kappa shape index (κ2) is 8.89. The van der Waals surface area contributed by atoms with Gasteiger partial charge < -0.3 is 14.4 Å². The van der Waals surface area contributed by atoms with Crippen molar-refractivity contribution in [2.75, 3.05) is 37.7 Å². The third-order valence-corrected chi connectivity index (χ3v) is 9.57. The molecule has 5 fully saturated rings. The number of piperazine rings is 1. The molecule has 5 aliphatic rings. The molecule has 11 heteroatoms. The monoisotopic (exact) mass is 570 g/mol. The first kappa shape index (κ1) is 26.2. The van der Waals surface area contributed by atoms with Crippen LogP contribution in [0, 0.1) is 11.2 Å². The summed E-state index contributed by atoms with van der Waals surface area (Å²) < 4.78 is 27.3. The third kappa shape index (κ3) is 4.38. The summed E-state index contributed by atoms with van der Waals surface area (Å²) in [5.74, 6) is -0.131. The molecule has 1 amide bonds. The van der Waals surface area contributed by atoms with E-state index < -0.39 is 11.4 Å². The first-order valence-electron chi connectivity index (χ1n) is 14.3. The Balaban J connectivity index is 1.18. The lowest BCUT2D eigenvalue weighted by Crippen LogP contribution is -2.57. The molecular formula is C29H36ClFN6O3. The summed E-state index contributed by atoms with van der Waals surface area (Å²) >= 11 is 6.07. The van der Waals surface area contributed by atoms with Crippen molar-refractivity contribution in [3.8, 4) is 6.01 Å². The number of carbonyl (C=O) groups excluding carboxylic acids is 1. The Morgan fingerprint density at radius 1 is 1.23 bits per heavy atom. The number of halogens is 2. The zero-order valence-corrected chi connectivity index (χ0v) is 24.1. The SMILES string of the molecule is C=C1CN2CC3(CC3)CC2(COc2nc(N3CC4CCC(C3)N4C(=O)OC(C)(C)C)c3cnc(Cl)c(F)c3n2)C1. The number of amides is 1. The highest BCUT2D eigenvalue weighted by Gasteiger charge is 2.61. The largest absolute Gasteiger partial charge is 0.461 e. The molecule has 40 heavy (non-hydrogen) atoms. The van der Waals surface area contributed by atoms with Crippen LogP contribution in [0.5, 0.6) is 6.01 Å². The molecule has 1 aliphatic carbocycles. The number of pyridine rings is 1. The van der Waals surface area contributed by atoms with Gasteiger partial charge in [0.15, 0.2) is 11.0 Å². The van der Waals surface area contributed by atoms with Crippen LogP contribution in [-0.4, -0.2) is 86.9 Å². The Bertz CT molecular complexity index is 1400. The fraction of sp³-hybridized carbons (Fsp3) is 0.655. The fourth-order valence-corrected chi connectivity index (χ4v) is 7.66. The first-order valence-corrected chi connectivity index (χ1v) is 14.6. The number of hydrogen-bond donors (Lipinski definition) is 0. The van der Waals surface area contributed by atoms with E-state index in [0.717, 1.165) is 38.8 Å². The molecule has 2 bridgehead atoms. The van der Waals surface area contributed by atoms with Gasteiger partial charge in [0.2, 0.25) is 0 Å². The summed E-state index contributed by atoms with van der Waals surface area (Å²) in [5, 5.41) is 0.243. The van der Waals surface area contributed by atoms with Crippen molar-refractivity contribution in [1.29, 1.82) is 0 Å². The topological polar surface area (TPSA) is 83.9 Å². The first-order chi connectivity index (χ1) is 18.9. The number of fused-ring (bicyclic) bond motifs is 4. The highest BCUT2D eigenvalue weighted by atomic mass is 35.5. The van der Waals surface area contributed by atoms with Gasteiger partial charge in [0, 0.05) is 32.4 Å². The molecule has 0 radical (unpaired) electrons. The summed E-state index contributed by atoms with van der Waals surface area (Å²) in [6, 6.07) is 0.0747. The Hall–Kier alpha value is -2.72. The Labute approximate surface area is 238 Å². The van der Waals surface area contributed by atoms with Crippen molar-refractivity contribution < 1.29 is 18.7 Å². The van der Waals surface area contributed by atoms with Gasteiger partial charge in [-0.15, -0.1) is 0 Å². The molecule has 6 heterocycles. The second-order valence-electron chi connectivity index (χ2n) is 13.6. The van der Waals surface area contributed by atoms with Crippen LogP contribution in [-0.2, 0) is 4.74 Å². The predicted molar refractivity (Wildman–Crippen MR) is 149 cm³/mol. The summed E-state index contributed by atoms with van der Waals surface area (Å²) in [6.45, 7) is 13.4. The molecule has 1 spiro atoms. The zero-order chi connectivity index (χ0) is 28.0. The normalized spacial score (nSPS) is 29.0. The molecule has 7 rings (SSSR count). The third-order valence-electron chi connectivity index (χ3n) is 9.31. The number of nitrogens with zero attached hydrogens (tertiary/aromatic N) is 6. The van der Waals surface area contributed by atoms with E-state index in [1.807, 2.05) is 25.7 Å². The summed E-state index contributed by atoms with van der Waals surface area (Å²) in [4.78, 5) is 32.9. The number of carbonyl (C=O) groups is 1. The average Bonchev–Trinajstić information content (AvgIpc) is 3.37. The maximum absolute atomic E-state index is 15.3. The Morgan fingerprint density at radius 2 is 1.95 bits per heavy atom. The molecule has 4 saturated heterocycles. The van der Waals surface area contributed by atoms with E-state index >= 15 is 4.39 Å². The van der Waals surface area contributed by atoms with E-state index in [9.17, 15) is 4.79 Å². The van der Waals surface area contributed by atoms with Crippen LogP contribution in [0.2, 0.25) is 5.15 Å². The summed E-state index contributed by atoms with van der Waals surface area (Å²) in [7, 11) is 0. The maximum Gasteiger partial charge on any atom is 0.410 e. The van der Waals surface area contributed by atoms with Gasteiger partial charge in [0.25, 0.3) is 0 Å². The maximum atomic E-state index is 15.3. The van der Waals surface area contributed by atoms with Crippen LogP contribution < -0.4 is 9.64 Å². The van der Waals surface area contributed by atoms with Crippen LogP contribution in [0.1, 0.15) is 59.3 Å². The molecule has 2 aromatic rings. The van der Waals surface area contributed by atoms with E-state index in [0.29, 0.717) is 36.3 Å². The zero-order valence-electron chi connectivity index (χ0n) is 23.4. The highest BCUT2D eigenvalue weighted by molar-refractivity contribution is 6.30. The highest BCUT2D eigenvalue weighted by Crippen LogP contribution is 2.61. The smallest absolute Gasteiger partial charge is 0.410 e. The minimum Gasteiger partial charge on any atom is -0.461 e. The minimum atomic E-state index is -0.685. The van der Waals surface area contributed by atoms with Crippen molar-refractivity contribution in [3.63, 3.8) is 0 Å². The van der Waals surface area contributed by atoms with Gasteiger partial charge in [-0.2, -0.15) is 9.97 Å². The Morgan fingerprint density at radius 3 is 2.62 bits per heavy atom. The number of aromatic nitrogens is 3. The van der Waals surface area contributed by atoms with Gasteiger partial charge in [0.1, 0.15) is 23.5 Å². The van der Waals surface area contributed by atoms with Crippen molar-refractivity contribution >= 4 is 34.4 Å². The van der Waals surface area contributed by atoms with E-state index in [1.165, 1.54) is 24.6 Å². The lowest BCUT2D eigenvalue weighted by Gasteiger charge is -2.42. The van der Waals surface area contributed by atoms with Crippen LogP contribution in [0.25, 0.3) is 10.9 Å². The van der Waals surface area contributed by atoms with E-state index in [1.54, 1.807) is 0 Å². The van der Waals surface area contributed by atoms with Crippen molar-refractivity contribution in [3.05, 3.63) is 29.3 Å². The molecule has 3 unspecified atom stereocenters. The fourth-order valence-electron chi connectivity index (χ4n) is 7.52. The lowest BCUT2D eigenvalue weighted by molar-refractivity contribution is 0.0122. The molecule has 3 atom stereocenters. The van der Waals surface area contributed by atoms with Gasteiger partial charge in [0.05, 0.1) is 23.0 Å². The van der Waals surface area contributed by atoms with Crippen LogP contribution in [0.4, 0.5) is 15.0 Å². The van der Waals surface area contributed by atoms with Gasteiger partial charge in [-0.05, 0) is 64.7 Å².